The maximum atomic E-state index is 12.6. The molecule has 0 atom stereocenters. The van der Waals surface area contributed by atoms with Crippen molar-refractivity contribution in [3.8, 4) is 6.07 Å². The number of aryl methyl sites for hydroxylation is 1. The molecule has 9 nitrogen and oxygen atoms in total. The second kappa shape index (κ2) is 8.67. The number of carbonyl (C=O) groups is 4. The van der Waals surface area contributed by atoms with Gasteiger partial charge in [0.2, 0.25) is 0 Å². The number of hydrogen-bond acceptors (Lipinski definition) is 7. The molecule has 2 aliphatic carbocycles. The molecule has 2 heterocycles. The van der Waals surface area contributed by atoms with Gasteiger partial charge in [-0.3, -0.25) is 19.3 Å². The smallest absolute Gasteiger partial charge is 0.326 e. The molecule has 164 valence electrons. The Kier molecular flexibility index (Phi) is 5.96. The molecule has 2 N–H and O–H groups in total. The molecule has 1 aliphatic heterocycles. The van der Waals surface area contributed by atoms with Gasteiger partial charge in [-0.25, -0.2) is 4.79 Å². The summed E-state index contributed by atoms with van der Waals surface area (Å²) >= 11 is 1.40. The van der Waals surface area contributed by atoms with Crippen molar-refractivity contribution in [3.63, 3.8) is 0 Å². The zero-order valence-electron chi connectivity index (χ0n) is 17.1. The van der Waals surface area contributed by atoms with Gasteiger partial charge in [0, 0.05) is 4.88 Å². The molecule has 4 rings (SSSR count). The molecule has 3 aliphatic rings. The van der Waals surface area contributed by atoms with E-state index in [1.165, 1.54) is 11.3 Å². The van der Waals surface area contributed by atoms with E-state index in [0.29, 0.717) is 23.4 Å². The zero-order chi connectivity index (χ0) is 22.0. The van der Waals surface area contributed by atoms with Crippen LogP contribution in [-0.2, 0) is 32.0 Å². The predicted molar refractivity (Wildman–Crippen MR) is 111 cm³/mol. The molecule has 0 aromatic carbocycles. The Balaban J connectivity index is 1.31. The van der Waals surface area contributed by atoms with Gasteiger partial charge in [0.05, 0.1) is 5.56 Å². The molecule has 1 spiro atoms. The SMILES string of the molecule is N#Cc1c(NC(=O)COC(=O)CN2C(=O)NC3(CCCC3)C2=O)sc2c1CCCCC2. The van der Waals surface area contributed by atoms with E-state index in [9.17, 15) is 24.4 Å². The molecule has 1 aromatic rings. The summed E-state index contributed by atoms with van der Waals surface area (Å²) < 4.78 is 4.98. The highest BCUT2D eigenvalue weighted by molar-refractivity contribution is 7.16. The topological polar surface area (TPSA) is 129 Å². The maximum absolute atomic E-state index is 12.6. The lowest BCUT2D eigenvalue weighted by Gasteiger charge is -2.19. The van der Waals surface area contributed by atoms with Crippen LogP contribution in [0.3, 0.4) is 0 Å². The highest BCUT2D eigenvalue weighted by atomic mass is 32.1. The minimum absolute atomic E-state index is 0.407. The molecule has 1 saturated heterocycles. The van der Waals surface area contributed by atoms with Crippen LogP contribution in [0, 0.1) is 11.3 Å². The second-order valence-corrected chi connectivity index (χ2v) is 9.31. The van der Waals surface area contributed by atoms with Crippen molar-refractivity contribution >= 4 is 40.2 Å². The van der Waals surface area contributed by atoms with Crippen LogP contribution in [0.15, 0.2) is 0 Å². The molecule has 31 heavy (non-hydrogen) atoms. The van der Waals surface area contributed by atoms with Crippen molar-refractivity contribution < 1.29 is 23.9 Å². The second-order valence-electron chi connectivity index (χ2n) is 8.20. The number of urea groups is 1. The monoisotopic (exact) mass is 444 g/mol. The molecule has 0 radical (unpaired) electrons. The Morgan fingerprint density at radius 2 is 1.90 bits per heavy atom. The number of thiophene rings is 1. The van der Waals surface area contributed by atoms with Crippen LogP contribution in [0.2, 0.25) is 0 Å². The number of anilines is 1. The van der Waals surface area contributed by atoms with E-state index in [0.717, 1.165) is 60.3 Å². The lowest BCUT2D eigenvalue weighted by atomic mass is 9.98. The van der Waals surface area contributed by atoms with Crippen molar-refractivity contribution in [1.29, 1.82) is 5.26 Å². The number of esters is 1. The molecule has 4 amide bonds. The highest BCUT2D eigenvalue weighted by Crippen LogP contribution is 2.37. The number of nitrogens with one attached hydrogen (secondary N) is 2. The van der Waals surface area contributed by atoms with Gasteiger partial charge in [0.1, 0.15) is 23.2 Å². The summed E-state index contributed by atoms with van der Waals surface area (Å²) in [6, 6.07) is 1.58. The number of rotatable bonds is 5. The van der Waals surface area contributed by atoms with E-state index in [-0.39, 0.29) is 0 Å². The van der Waals surface area contributed by atoms with Crippen LogP contribution in [-0.4, -0.2) is 47.4 Å². The Morgan fingerprint density at radius 1 is 1.16 bits per heavy atom. The van der Waals surface area contributed by atoms with E-state index >= 15 is 0 Å². The van der Waals surface area contributed by atoms with Crippen molar-refractivity contribution in [1.82, 2.24) is 10.2 Å². The number of nitrogens with zero attached hydrogens (tertiary/aromatic N) is 2. The largest absolute Gasteiger partial charge is 0.454 e. The van der Waals surface area contributed by atoms with E-state index < -0.39 is 42.5 Å². The highest BCUT2D eigenvalue weighted by Gasteiger charge is 2.52. The Labute approximate surface area is 183 Å². The molecule has 0 bridgehead atoms. The first-order chi connectivity index (χ1) is 14.9. The molecule has 2 fully saturated rings. The van der Waals surface area contributed by atoms with Crippen LogP contribution in [0.5, 0.6) is 0 Å². The summed E-state index contributed by atoms with van der Waals surface area (Å²) in [5, 5.41) is 15.4. The summed E-state index contributed by atoms with van der Waals surface area (Å²) in [4.78, 5) is 51.1. The molecular weight excluding hydrogens is 420 g/mol. The first kappa shape index (κ1) is 21.3. The third-order valence-corrected chi connectivity index (χ3v) is 7.35. The summed E-state index contributed by atoms with van der Waals surface area (Å²) in [5.41, 5.74) is 0.610. The van der Waals surface area contributed by atoms with E-state index in [1.807, 2.05) is 0 Å². The molecule has 1 saturated carbocycles. The van der Waals surface area contributed by atoms with Gasteiger partial charge >= 0.3 is 12.0 Å². The van der Waals surface area contributed by atoms with Gasteiger partial charge in [0.25, 0.3) is 11.8 Å². The summed E-state index contributed by atoms with van der Waals surface area (Å²) in [6.45, 7) is -1.09. The average molecular weight is 445 g/mol. The minimum atomic E-state index is -0.889. The summed E-state index contributed by atoms with van der Waals surface area (Å²) in [6.07, 6.45) is 7.77. The van der Waals surface area contributed by atoms with Gasteiger partial charge < -0.3 is 15.4 Å². The van der Waals surface area contributed by atoms with Crippen LogP contribution in [0.1, 0.15) is 60.9 Å². The number of hydrogen-bond donors (Lipinski definition) is 2. The fraction of sp³-hybridized carbons (Fsp3) is 0.571. The average Bonchev–Trinajstić information content (AvgIpc) is 3.34. The van der Waals surface area contributed by atoms with Gasteiger partial charge in [-0.15, -0.1) is 11.3 Å². The van der Waals surface area contributed by atoms with Crippen molar-refractivity contribution in [2.45, 2.75) is 63.3 Å². The number of imide groups is 1. The first-order valence-corrected chi connectivity index (χ1v) is 11.4. The fourth-order valence-electron chi connectivity index (χ4n) is 4.57. The van der Waals surface area contributed by atoms with Gasteiger partial charge in [-0.2, -0.15) is 5.26 Å². The fourth-order valence-corrected chi connectivity index (χ4v) is 5.83. The van der Waals surface area contributed by atoms with Crippen molar-refractivity contribution in [2.75, 3.05) is 18.5 Å². The Bertz CT molecular complexity index is 973. The predicted octanol–water partition coefficient (Wildman–Crippen LogP) is 2.23. The number of ether oxygens (including phenoxy) is 1. The van der Waals surface area contributed by atoms with Gasteiger partial charge in [-0.1, -0.05) is 19.3 Å². The quantitative estimate of drug-likeness (QED) is 0.407. The maximum Gasteiger partial charge on any atom is 0.326 e. The lowest BCUT2D eigenvalue weighted by Crippen LogP contribution is -2.44. The third kappa shape index (κ3) is 4.14. The van der Waals surface area contributed by atoms with Gasteiger partial charge in [-0.05, 0) is 44.1 Å². The number of fused-ring (bicyclic) bond motifs is 1. The number of amides is 4. The summed E-state index contributed by atoms with van der Waals surface area (Å²) in [5.74, 6) is -1.81. The van der Waals surface area contributed by atoms with E-state index in [2.05, 4.69) is 16.7 Å². The minimum Gasteiger partial charge on any atom is -0.454 e. The molecule has 0 unspecified atom stereocenters. The van der Waals surface area contributed by atoms with Crippen molar-refractivity contribution in [3.05, 3.63) is 16.0 Å². The lowest BCUT2D eigenvalue weighted by molar-refractivity contribution is -0.150. The van der Waals surface area contributed by atoms with Crippen LogP contribution in [0.25, 0.3) is 0 Å². The van der Waals surface area contributed by atoms with Crippen LogP contribution in [0.4, 0.5) is 9.80 Å². The molecule has 10 heteroatoms. The third-order valence-electron chi connectivity index (χ3n) is 6.14. The van der Waals surface area contributed by atoms with Gasteiger partial charge in [0.15, 0.2) is 6.61 Å². The number of carbonyl (C=O) groups excluding carboxylic acids is 4. The standard InChI is InChI=1S/C21H24N4O5S/c22-10-14-13-6-2-1-3-7-15(13)31-18(14)23-16(26)12-30-17(27)11-25-19(28)21(24-20(25)29)8-4-5-9-21/h1-9,11-12H2,(H,23,26)(H,24,29). The Hall–Kier alpha value is -2.93. The van der Waals surface area contributed by atoms with Crippen LogP contribution >= 0.6 is 11.3 Å². The molecular formula is C21H24N4O5S. The first-order valence-electron chi connectivity index (χ1n) is 10.6. The Morgan fingerprint density at radius 3 is 2.65 bits per heavy atom. The number of nitriles is 1. The van der Waals surface area contributed by atoms with E-state index in [4.69, 9.17) is 4.74 Å². The van der Waals surface area contributed by atoms with Crippen LogP contribution < -0.4 is 10.6 Å². The zero-order valence-corrected chi connectivity index (χ0v) is 17.9. The van der Waals surface area contributed by atoms with E-state index in [1.54, 1.807) is 0 Å². The normalized spacial score (nSPS) is 19.5. The summed E-state index contributed by atoms with van der Waals surface area (Å²) in [7, 11) is 0. The molecule has 1 aromatic heterocycles. The van der Waals surface area contributed by atoms with Crippen molar-refractivity contribution in [2.24, 2.45) is 0 Å².